The number of nitriles is 1. The summed E-state index contributed by atoms with van der Waals surface area (Å²) in [5.41, 5.74) is 1.31. The minimum Gasteiger partial charge on any atom is -0.494 e. The van der Waals surface area contributed by atoms with Gasteiger partial charge in [-0.3, -0.25) is 0 Å². The number of benzene rings is 2. The molecule has 8 heteroatoms. The van der Waals surface area contributed by atoms with E-state index in [9.17, 15) is 8.42 Å². The zero-order valence-electron chi connectivity index (χ0n) is 16.2. The normalized spacial score (nSPS) is 14.3. The van der Waals surface area contributed by atoms with Gasteiger partial charge < -0.3 is 4.74 Å². The van der Waals surface area contributed by atoms with Gasteiger partial charge in [-0.25, -0.2) is 5.01 Å². The van der Waals surface area contributed by atoms with Gasteiger partial charge in [0.15, 0.2) is 5.84 Å². The number of unbranched alkanes of at least 4 members (excludes halogenated alkanes) is 1. The predicted molar refractivity (Wildman–Crippen MR) is 112 cm³/mol. The van der Waals surface area contributed by atoms with Crippen LogP contribution in [0.1, 0.15) is 37.3 Å². The summed E-state index contributed by atoms with van der Waals surface area (Å²) >= 11 is 0. The van der Waals surface area contributed by atoms with Gasteiger partial charge in [0.2, 0.25) is 0 Å². The second kappa shape index (κ2) is 9.34. The zero-order valence-corrected chi connectivity index (χ0v) is 17.0. The smallest absolute Gasteiger partial charge is 0.285 e. The van der Waals surface area contributed by atoms with E-state index in [2.05, 4.69) is 22.5 Å². The lowest BCUT2D eigenvalue weighted by atomic mass is 10.2. The Morgan fingerprint density at radius 2 is 1.97 bits per heavy atom. The molecular weight excluding hydrogens is 388 g/mol. The molecule has 0 atom stereocenters. The highest BCUT2D eigenvalue weighted by Crippen LogP contribution is 2.27. The minimum absolute atomic E-state index is 0.153. The van der Waals surface area contributed by atoms with E-state index in [-0.39, 0.29) is 23.7 Å². The van der Waals surface area contributed by atoms with Crippen LogP contribution in [0.15, 0.2) is 62.9 Å². The highest BCUT2D eigenvalue weighted by atomic mass is 32.2. The molecule has 0 N–H and O–H groups in total. The fourth-order valence-corrected chi connectivity index (χ4v) is 3.98. The van der Waals surface area contributed by atoms with Gasteiger partial charge in [0, 0.05) is 5.56 Å². The average molecular weight is 410 g/mol. The van der Waals surface area contributed by atoms with E-state index in [1.54, 1.807) is 24.4 Å². The van der Waals surface area contributed by atoms with E-state index < -0.39 is 10.0 Å². The number of nitrogens with zero attached hydrogens (tertiary/aromatic N) is 4. The molecule has 0 spiro atoms. The molecule has 0 radical (unpaired) electrons. The fraction of sp³-hybridized carbons (Fsp3) is 0.286. The van der Waals surface area contributed by atoms with Crippen molar-refractivity contribution in [1.82, 2.24) is 5.01 Å². The first-order chi connectivity index (χ1) is 14.0. The first kappa shape index (κ1) is 20.6. The lowest BCUT2D eigenvalue weighted by Crippen LogP contribution is -2.27. The third kappa shape index (κ3) is 5.00. The summed E-state index contributed by atoms with van der Waals surface area (Å²) in [5, 5.41) is 14.8. The van der Waals surface area contributed by atoms with Crippen LogP contribution in [0.5, 0.6) is 5.75 Å². The van der Waals surface area contributed by atoms with Crippen LogP contribution in [0.2, 0.25) is 0 Å². The van der Waals surface area contributed by atoms with Crippen molar-refractivity contribution in [2.75, 3.05) is 13.2 Å². The molecular formula is C21H22N4O3S. The maximum atomic E-state index is 12.3. The molecule has 0 aromatic heterocycles. The van der Waals surface area contributed by atoms with Crippen LogP contribution in [-0.4, -0.2) is 38.6 Å². The highest BCUT2D eigenvalue weighted by Gasteiger charge is 2.31. The SMILES string of the molecule is CCCCOc1ccc(/C=N/N(CCC#N)C2=NS(=O)(=O)c3ccccc32)cc1. The molecule has 2 aromatic rings. The van der Waals surface area contributed by atoms with E-state index in [1.807, 2.05) is 24.3 Å². The Bertz CT molecular complexity index is 1050. The van der Waals surface area contributed by atoms with Gasteiger partial charge in [-0.05, 0) is 48.4 Å². The van der Waals surface area contributed by atoms with Crippen LogP contribution in [0.4, 0.5) is 0 Å². The second-order valence-electron chi connectivity index (χ2n) is 6.43. The quantitative estimate of drug-likeness (QED) is 0.377. The topological polar surface area (TPSA) is 95.1 Å². The van der Waals surface area contributed by atoms with Gasteiger partial charge in [-0.15, -0.1) is 4.40 Å². The third-order valence-electron chi connectivity index (χ3n) is 4.29. The summed E-state index contributed by atoms with van der Waals surface area (Å²) in [7, 11) is -3.75. The number of ether oxygens (including phenoxy) is 1. The summed E-state index contributed by atoms with van der Waals surface area (Å²) in [6, 6.07) is 16.1. The average Bonchev–Trinajstić information content (AvgIpc) is 3.00. The van der Waals surface area contributed by atoms with Crippen molar-refractivity contribution in [3.8, 4) is 11.8 Å². The maximum absolute atomic E-state index is 12.3. The summed E-state index contributed by atoms with van der Waals surface area (Å²) in [4.78, 5) is 0.153. The third-order valence-corrected chi connectivity index (χ3v) is 5.61. The van der Waals surface area contributed by atoms with E-state index in [0.29, 0.717) is 12.2 Å². The molecule has 0 saturated carbocycles. The number of fused-ring (bicyclic) bond motifs is 1. The molecule has 29 heavy (non-hydrogen) atoms. The van der Waals surface area contributed by atoms with Gasteiger partial charge >= 0.3 is 0 Å². The van der Waals surface area contributed by atoms with Gasteiger partial charge in [-0.2, -0.15) is 18.8 Å². The van der Waals surface area contributed by atoms with Crippen LogP contribution in [0.25, 0.3) is 0 Å². The van der Waals surface area contributed by atoms with Crippen molar-refractivity contribution in [2.24, 2.45) is 9.50 Å². The number of hydrogen-bond acceptors (Lipinski definition) is 6. The molecule has 0 amide bonds. The molecule has 150 valence electrons. The minimum atomic E-state index is -3.75. The molecule has 7 nitrogen and oxygen atoms in total. The Hall–Kier alpha value is -3.18. The zero-order chi connectivity index (χ0) is 20.7. The van der Waals surface area contributed by atoms with Crippen molar-refractivity contribution in [3.05, 3.63) is 59.7 Å². The molecule has 1 heterocycles. The van der Waals surface area contributed by atoms with Crippen LogP contribution in [-0.2, 0) is 10.0 Å². The molecule has 0 fully saturated rings. The monoisotopic (exact) mass is 410 g/mol. The van der Waals surface area contributed by atoms with Crippen molar-refractivity contribution in [1.29, 1.82) is 5.26 Å². The largest absolute Gasteiger partial charge is 0.494 e. The molecule has 1 aliphatic rings. The van der Waals surface area contributed by atoms with E-state index in [4.69, 9.17) is 10.00 Å². The molecule has 0 unspecified atom stereocenters. The van der Waals surface area contributed by atoms with E-state index >= 15 is 0 Å². The number of sulfonamides is 1. The first-order valence-corrected chi connectivity index (χ1v) is 10.8. The predicted octanol–water partition coefficient (Wildman–Crippen LogP) is 3.56. The van der Waals surface area contributed by atoms with Crippen molar-refractivity contribution >= 4 is 22.1 Å². The summed E-state index contributed by atoms with van der Waals surface area (Å²) in [6.45, 7) is 3.02. The number of hydrogen-bond donors (Lipinski definition) is 0. The van der Waals surface area contributed by atoms with Crippen LogP contribution >= 0.6 is 0 Å². The lowest BCUT2D eigenvalue weighted by molar-refractivity contribution is 0.309. The van der Waals surface area contributed by atoms with Crippen LogP contribution < -0.4 is 4.74 Å². The van der Waals surface area contributed by atoms with E-state index in [0.717, 1.165) is 24.2 Å². The fourth-order valence-electron chi connectivity index (χ4n) is 2.77. The van der Waals surface area contributed by atoms with Gasteiger partial charge in [0.25, 0.3) is 10.0 Å². The summed E-state index contributed by atoms with van der Waals surface area (Å²) in [6.07, 6.45) is 3.88. The Balaban J connectivity index is 1.81. The number of amidine groups is 1. The van der Waals surface area contributed by atoms with Crippen molar-refractivity contribution < 1.29 is 13.2 Å². The maximum Gasteiger partial charge on any atom is 0.285 e. The summed E-state index contributed by atoms with van der Waals surface area (Å²) < 4.78 is 34.2. The Morgan fingerprint density at radius 1 is 1.21 bits per heavy atom. The molecule has 1 aliphatic heterocycles. The Morgan fingerprint density at radius 3 is 2.69 bits per heavy atom. The van der Waals surface area contributed by atoms with Crippen LogP contribution in [0.3, 0.4) is 0 Å². The lowest BCUT2D eigenvalue weighted by Gasteiger charge is -2.17. The molecule has 3 rings (SSSR count). The molecule has 0 bridgehead atoms. The highest BCUT2D eigenvalue weighted by molar-refractivity contribution is 7.90. The van der Waals surface area contributed by atoms with Crippen LogP contribution in [0, 0.1) is 11.3 Å². The molecule has 0 aliphatic carbocycles. The Labute approximate surface area is 171 Å². The first-order valence-electron chi connectivity index (χ1n) is 9.41. The van der Waals surface area contributed by atoms with Gasteiger partial charge in [0.1, 0.15) is 10.6 Å². The molecule has 2 aromatic carbocycles. The van der Waals surface area contributed by atoms with Gasteiger partial charge in [-0.1, -0.05) is 25.5 Å². The standard InChI is InChI=1S/C21H22N4O3S/c1-2-3-15-28-18-11-9-17(10-12-18)16-23-25(14-6-13-22)21-19-7-4-5-8-20(19)29(26,27)24-21/h4-5,7-12,16H,2-3,6,14-15H2,1H3/b23-16+. The Kier molecular flexibility index (Phi) is 6.62. The van der Waals surface area contributed by atoms with Crippen molar-refractivity contribution in [2.45, 2.75) is 31.1 Å². The summed E-state index contributed by atoms with van der Waals surface area (Å²) in [5.74, 6) is 1.02. The van der Waals surface area contributed by atoms with Crippen molar-refractivity contribution in [3.63, 3.8) is 0 Å². The number of hydrazone groups is 1. The van der Waals surface area contributed by atoms with Gasteiger partial charge in [0.05, 0.1) is 31.9 Å². The van der Waals surface area contributed by atoms with E-state index in [1.165, 1.54) is 11.1 Å². The number of rotatable bonds is 8. The second-order valence-corrected chi connectivity index (χ2v) is 8.01. The molecule has 0 saturated heterocycles.